The lowest BCUT2D eigenvalue weighted by Gasteiger charge is -2.18. The number of carboxylic acid groups (broad SMARTS) is 1. The van der Waals surface area contributed by atoms with Crippen molar-refractivity contribution in [3.05, 3.63) is 12.3 Å². The third kappa shape index (κ3) is 1.55. The number of rotatable bonds is 2. The number of carbonyl (C=O) groups is 1. The number of hydrogen-bond donors (Lipinski definition) is 1. The maximum Gasteiger partial charge on any atom is 0.414 e. The SMILES string of the molecule is CC(C)N(C(=O)O)c1ccno1. The molecule has 1 aromatic heterocycles. The van der Waals surface area contributed by atoms with Crippen LogP contribution in [0.5, 0.6) is 0 Å². The van der Waals surface area contributed by atoms with Gasteiger partial charge < -0.3 is 9.63 Å². The molecule has 0 fully saturated rings. The molecule has 0 aliphatic carbocycles. The van der Waals surface area contributed by atoms with Gasteiger partial charge in [-0.1, -0.05) is 5.16 Å². The highest BCUT2D eigenvalue weighted by atomic mass is 16.5. The molecule has 1 aromatic rings. The maximum atomic E-state index is 10.7. The first-order valence-corrected chi connectivity index (χ1v) is 3.55. The van der Waals surface area contributed by atoms with Gasteiger partial charge in [0.05, 0.1) is 6.20 Å². The van der Waals surface area contributed by atoms with E-state index in [-0.39, 0.29) is 11.9 Å². The van der Waals surface area contributed by atoms with Crippen molar-refractivity contribution < 1.29 is 14.4 Å². The first kappa shape index (κ1) is 8.58. The quantitative estimate of drug-likeness (QED) is 0.731. The molecule has 0 aliphatic heterocycles. The first-order chi connectivity index (χ1) is 5.63. The van der Waals surface area contributed by atoms with Gasteiger partial charge >= 0.3 is 6.09 Å². The van der Waals surface area contributed by atoms with E-state index in [4.69, 9.17) is 9.63 Å². The van der Waals surface area contributed by atoms with Gasteiger partial charge in [-0.25, -0.2) is 9.69 Å². The van der Waals surface area contributed by atoms with E-state index in [1.807, 2.05) is 0 Å². The van der Waals surface area contributed by atoms with Crippen LogP contribution >= 0.6 is 0 Å². The Balaban J connectivity index is 2.88. The Hall–Kier alpha value is -1.52. The van der Waals surface area contributed by atoms with Gasteiger partial charge in [0.1, 0.15) is 0 Å². The van der Waals surface area contributed by atoms with E-state index < -0.39 is 6.09 Å². The van der Waals surface area contributed by atoms with Crippen molar-refractivity contribution >= 4 is 12.0 Å². The average Bonchev–Trinajstić information content (AvgIpc) is 2.37. The highest BCUT2D eigenvalue weighted by Gasteiger charge is 2.20. The molecule has 66 valence electrons. The van der Waals surface area contributed by atoms with Gasteiger partial charge in [-0.15, -0.1) is 0 Å². The van der Waals surface area contributed by atoms with Gasteiger partial charge in [0.15, 0.2) is 0 Å². The van der Waals surface area contributed by atoms with E-state index >= 15 is 0 Å². The standard InChI is InChI=1S/C7H10N2O3/c1-5(2)9(7(10)11)6-3-4-8-12-6/h3-5H,1-2H3,(H,10,11). The zero-order chi connectivity index (χ0) is 9.14. The summed E-state index contributed by atoms with van der Waals surface area (Å²) >= 11 is 0. The molecule has 1 rings (SSSR count). The fraction of sp³-hybridized carbons (Fsp3) is 0.429. The summed E-state index contributed by atoms with van der Waals surface area (Å²) in [5.74, 6) is 0.248. The Morgan fingerprint density at radius 2 is 2.42 bits per heavy atom. The van der Waals surface area contributed by atoms with E-state index in [9.17, 15) is 4.79 Å². The molecule has 1 amide bonds. The van der Waals surface area contributed by atoms with E-state index in [1.165, 1.54) is 12.3 Å². The number of hydrogen-bond acceptors (Lipinski definition) is 3. The predicted octanol–water partition coefficient (Wildman–Crippen LogP) is 1.57. The summed E-state index contributed by atoms with van der Waals surface area (Å²) in [6.07, 6.45) is 0.370. The Labute approximate surface area is 69.6 Å². The van der Waals surface area contributed by atoms with Crippen LogP contribution in [0.3, 0.4) is 0 Å². The molecular weight excluding hydrogens is 160 g/mol. The van der Waals surface area contributed by atoms with Gasteiger partial charge in [-0.05, 0) is 13.8 Å². The monoisotopic (exact) mass is 170 g/mol. The second-order valence-corrected chi connectivity index (χ2v) is 2.60. The van der Waals surface area contributed by atoms with Gasteiger partial charge in [0.2, 0.25) is 5.88 Å². The fourth-order valence-electron chi connectivity index (χ4n) is 0.903. The highest BCUT2D eigenvalue weighted by molar-refractivity contribution is 5.84. The Morgan fingerprint density at radius 1 is 1.75 bits per heavy atom. The minimum atomic E-state index is -1.04. The van der Waals surface area contributed by atoms with Crippen LogP contribution in [-0.4, -0.2) is 22.4 Å². The number of nitrogens with zero attached hydrogens (tertiary/aromatic N) is 2. The topological polar surface area (TPSA) is 66.6 Å². The summed E-state index contributed by atoms with van der Waals surface area (Å²) in [6.45, 7) is 3.52. The van der Waals surface area contributed by atoms with Crippen molar-refractivity contribution in [3.63, 3.8) is 0 Å². The molecule has 0 saturated heterocycles. The molecule has 0 spiro atoms. The van der Waals surface area contributed by atoms with E-state index in [0.717, 1.165) is 4.90 Å². The summed E-state index contributed by atoms with van der Waals surface area (Å²) in [5.41, 5.74) is 0. The summed E-state index contributed by atoms with van der Waals surface area (Å²) in [4.78, 5) is 11.8. The summed E-state index contributed by atoms with van der Waals surface area (Å²) in [6, 6.07) is 1.35. The Morgan fingerprint density at radius 3 is 2.75 bits per heavy atom. The zero-order valence-electron chi connectivity index (χ0n) is 6.89. The molecule has 1 N–H and O–H groups in total. The minimum Gasteiger partial charge on any atom is -0.465 e. The van der Waals surface area contributed by atoms with Crippen LogP contribution in [0.25, 0.3) is 0 Å². The first-order valence-electron chi connectivity index (χ1n) is 3.55. The molecule has 12 heavy (non-hydrogen) atoms. The van der Waals surface area contributed by atoms with Crippen LogP contribution in [0.1, 0.15) is 13.8 Å². The molecule has 1 heterocycles. The zero-order valence-corrected chi connectivity index (χ0v) is 6.89. The summed E-state index contributed by atoms with van der Waals surface area (Å²) in [7, 11) is 0. The van der Waals surface area contributed by atoms with Gasteiger partial charge in [-0.2, -0.15) is 0 Å². The molecule has 0 aliphatic rings. The summed E-state index contributed by atoms with van der Waals surface area (Å²) in [5, 5.41) is 12.2. The third-order valence-corrected chi connectivity index (χ3v) is 1.38. The van der Waals surface area contributed by atoms with Crippen molar-refractivity contribution in [2.24, 2.45) is 0 Å². The van der Waals surface area contributed by atoms with Gasteiger partial charge in [0, 0.05) is 12.1 Å². The average molecular weight is 170 g/mol. The van der Waals surface area contributed by atoms with Crippen LogP contribution in [0.4, 0.5) is 10.7 Å². The number of aromatic nitrogens is 1. The number of amides is 1. The molecule has 0 unspecified atom stereocenters. The van der Waals surface area contributed by atoms with Crippen molar-refractivity contribution in [2.45, 2.75) is 19.9 Å². The van der Waals surface area contributed by atoms with Crippen LogP contribution < -0.4 is 4.90 Å². The van der Waals surface area contributed by atoms with Crippen LogP contribution in [-0.2, 0) is 0 Å². The lowest BCUT2D eigenvalue weighted by Crippen LogP contribution is -2.35. The smallest absolute Gasteiger partial charge is 0.414 e. The maximum absolute atomic E-state index is 10.7. The van der Waals surface area contributed by atoms with Crippen LogP contribution in [0.15, 0.2) is 16.8 Å². The predicted molar refractivity (Wildman–Crippen MR) is 42.1 cm³/mol. The van der Waals surface area contributed by atoms with Gasteiger partial charge in [0.25, 0.3) is 0 Å². The normalized spacial score (nSPS) is 10.2. The Bertz CT molecular complexity index is 256. The fourth-order valence-corrected chi connectivity index (χ4v) is 0.903. The largest absolute Gasteiger partial charge is 0.465 e. The van der Waals surface area contributed by atoms with Crippen LogP contribution in [0.2, 0.25) is 0 Å². The van der Waals surface area contributed by atoms with E-state index in [0.29, 0.717) is 0 Å². The summed E-state index contributed by atoms with van der Waals surface area (Å²) < 4.78 is 4.71. The highest BCUT2D eigenvalue weighted by Crippen LogP contribution is 2.15. The van der Waals surface area contributed by atoms with Crippen molar-refractivity contribution in [3.8, 4) is 0 Å². The van der Waals surface area contributed by atoms with Crippen molar-refractivity contribution in [1.82, 2.24) is 5.16 Å². The van der Waals surface area contributed by atoms with E-state index in [1.54, 1.807) is 13.8 Å². The lowest BCUT2D eigenvalue weighted by atomic mass is 10.3. The molecule has 5 heteroatoms. The molecule has 5 nitrogen and oxygen atoms in total. The van der Waals surface area contributed by atoms with Crippen molar-refractivity contribution in [2.75, 3.05) is 4.90 Å². The second-order valence-electron chi connectivity index (χ2n) is 2.60. The Kier molecular flexibility index (Phi) is 2.32. The van der Waals surface area contributed by atoms with Gasteiger partial charge in [-0.3, -0.25) is 0 Å². The second kappa shape index (κ2) is 3.25. The number of anilines is 1. The molecule has 0 atom stereocenters. The lowest BCUT2D eigenvalue weighted by molar-refractivity contribution is 0.197. The van der Waals surface area contributed by atoms with Crippen molar-refractivity contribution in [1.29, 1.82) is 0 Å². The molecule has 0 saturated carbocycles. The molecule has 0 aromatic carbocycles. The van der Waals surface area contributed by atoms with Crippen LogP contribution in [0, 0.1) is 0 Å². The minimum absolute atomic E-state index is 0.157. The molecular formula is C7H10N2O3. The third-order valence-electron chi connectivity index (χ3n) is 1.38. The molecule has 0 radical (unpaired) electrons. The molecule has 0 bridgehead atoms. The van der Waals surface area contributed by atoms with E-state index in [2.05, 4.69) is 5.16 Å².